The summed E-state index contributed by atoms with van der Waals surface area (Å²) in [6.45, 7) is 1.62. The van der Waals surface area contributed by atoms with Crippen molar-refractivity contribution in [3.63, 3.8) is 0 Å². The highest BCUT2D eigenvalue weighted by Gasteiger charge is 2.23. The number of fused-ring (bicyclic) bond motifs is 1. The van der Waals surface area contributed by atoms with Crippen LogP contribution in [0.4, 0.5) is 8.78 Å². The van der Waals surface area contributed by atoms with Crippen molar-refractivity contribution >= 4 is 21.2 Å². The number of nitrogens with zero attached hydrogens (tertiary/aromatic N) is 5. The molecule has 3 N–H and O–H groups in total. The van der Waals surface area contributed by atoms with Gasteiger partial charge < -0.3 is 10.1 Å². The highest BCUT2D eigenvalue weighted by molar-refractivity contribution is 7.89. The Kier molecular flexibility index (Phi) is 4.64. The van der Waals surface area contributed by atoms with Gasteiger partial charge in [-0.15, -0.1) is 5.10 Å². The Bertz CT molecular complexity index is 1150. The molecule has 3 aromatic rings. The number of rotatable bonds is 4. The Morgan fingerprint density at radius 2 is 1.93 bits per heavy atom. The third-order valence-electron chi connectivity index (χ3n) is 4.30. The fraction of sp³-hybridized carbons (Fsp3) is 0.333. The zero-order chi connectivity index (χ0) is 19.9. The van der Waals surface area contributed by atoms with Gasteiger partial charge in [-0.3, -0.25) is 0 Å². The molecule has 3 heterocycles. The number of halogens is 2. The van der Waals surface area contributed by atoms with Crippen molar-refractivity contribution in [3.05, 3.63) is 30.1 Å². The van der Waals surface area contributed by atoms with Crippen LogP contribution < -0.4 is 15.2 Å². The molecule has 0 bridgehead atoms. The first-order valence-electron chi connectivity index (χ1n) is 8.30. The van der Waals surface area contributed by atoms with E-state index in [9.17, 15) is 17.2 Å². The summed E-state index contributed by atoms with van der Waals surface area (Å²) in [5.41, 5.74) is -0.115. The van der Waals surface area contributed by atoms with E-state index in [0.29, 0.717) is 12.1 Å². The molecule has 1 aliphatic rings. The maximum atomic E-state index is 14.5. The van der Waals surface area contributed by atoms with Gasteiger partial charge in [-0.05, 0) is 32.0 Å². The molecule has 4 rings (SSSR count). The van der Waals surface area contributed by atoms with Crippen LogP contribution in [-0.4, -0.2) is 52.6 Å². The topological polar surface area (TPSA) is 138 Å². The molecular weight excluding hydrogens is 396 g/mol. The standard InChI is InChI=1S/C15H15F2N7O3S/c16-9-6-12(28(18,25)26)10(17)5-11(9)24-14-13(22-23-24)15(21-7-20-14)27-8-1-3-19-4-2-8/h5-8,19H,1-4H2,(H2,18,25,26). The Labute approximate surface area is 157 Å². The number of hydrogen-bond acceptors (Lipinski definition) is 8. The minimum Gasteiger partial charge on any atom is -0.473 e. The largest absolute Gasteiger partial charge is 0.473 e. The van der Waals surface area contributed by atoms with Gasteiger partial charge in [-0.2, -0.15) is 9.67 Å². The van der Waals surface area contributed by atoms with Crippen molar-refractivity contribution in [1.29, 1.82) is 0 Å². The van der Waals surface area contributed by atoms with Crippen LogP contribution in [0.5, 0.6) is 5.88 Å². The van der Waals surface area contributed by atoms with Crippen LogP contribution >= 0.6 is 0 Å². The van der Waals surface area contributed by atoms with Crippen LogP contribution in [0.1, 0.15) is 12.8 Å². The monoisotopic (exact) mass is 411 g/mol. The van der Waals surface area contributed by atoms with Crippen LogP contribution in [0.2, 0.25) is 0 Å². The third kappa shape index (κ3) is 3.39. The number of nitrogens with one attached hydrogen (secondary N) is 1. The highest BCUT2D eigenvalue weighted by atomic mass is 32.2. The van der Waals surface area contributed by atoms with E-state index in [-0.39, 0.29) is 28.8 Å². The predicted molar refractivity (Wildman–Crippen MR) is 92.3 cm³/mol. The van der Waals surface area contributed by atoms with Crippen LogP contribution in [0.25, 0.3) is 16.9 Å². The number of piperidine rings is 1. The van der Waals surface area contributed by atoms with Crippen molar-refractivity contribution < 1.29 is 21.9 Å². The minimum absolute atomic E-state index is 0.0623. The summed E-state index contributed by atoms with van der Waals surface area (Å²) in [7, 11) is -4.42. The molecule has 0 saturated carbocycles. The molecule has 148 valence electrons. The van der Waals surface area contributed by atoms with Gasteiger partial charge in [0.15, 0.2) is 17.0 Å². The van der Waals surface area contributed by atoms with Gasteiger partial charge >= 0.3 is 0 Å². The molecule has 13 heteroatoms. The van der Waals surface area contributed by atoms with Crippen molar-refractivity contribution in [2.24, 2.45) is 5.14 Å². The number of primary sulfonamides is 1. The molecule has 1 aromatic carbocycles. The van der Waals surface area contributed by atoms with Gasteiger partial charge in [0, 0.05) is 6.07 Å². The zero-order valence-corrected chi connectivity index (χ0v) is 15.2. The second-order valence-electron chi connectivity index (χ2n) is 6.20. The number of ether oxygens (including phenoxy) is 1. The normalized spacial score (nSPS) is 15.8. The summed E-state index contributed by atoms with van der Waals surface area (Å²) in [6.07, 6.45) is 2.71. The van der Waals surface area contributed by atoms with Crippen LogP contribution in [0.15, 0.2) is 23.4 Å². The van der Waals surface area contributed by atoms with Crippen molar-refractivity contribution in [2.75, 3.05) is 13.1 Å². The first-order valence-corrected chi connectivity index (χ1v) is 9.85. The average molecular weight is 411 g/mol. The Morgan fingerprint density at radius 1 is 1.18 bits per heavy atom. The summed E-state index contributed by atoms with van der Waals surface area (Å²) in [4.78, 5) is 7.12. The van der Waals surface area contributed by atoms with Gasteiger partial charge in [0.2, 0.25) is 15.9 Å². The molecule has 0 spiro atoms. The summed E-state index contributed by atoms with van der Waals surface area (Å²) in [6, 6.07) is 1.15. The van der Waals surface area contributed by atoms with E-state index in [1.54, 1.807) is 0 Å². The molecular formula is C15H15F2N7O3S. The molecule has 1 saturated heterocycles. The summed E-state index contributed by atoms with van der Waals surface area (Å²) < 4.78 is 58.1. The molecule has 10 nitrogen and oxygen atoms in total. The Morgan fingerprint density at radius 3 is 2.64 bits per heavy atom. The zero-order valence-electron chi connectivity index (χ0n) is 14.3. The third-order valence-corrected chi connectivity index (χ3v) is 5.23. The molecule has 1 fully saturated rings. The minimum atomic E-state index is -4.42. The number of nitrogens with two attached hydrogens (primary N) is 1. The maximum absolute atomic E-state index is 14.5. The van der Waals surface area contributed by atoms with Crippen LogP contribution in [0.3, 0.4) is 0 Å². The Balaban J connectivity index is 1.76. The molecule has 0 unspecified atom stereocenters. The number of aromatic nitrogens is 5. The highest BCUT2D eigenvalue weighted by Crippen LogP contribution is 2.26. The SMILES string of the molecule is NS(=O)(=O)c1cc(F)c(-n2nnc3c(OC4CCNCC4)ncnc32)cc1F. The van der Waals surface area contributed by atoms with Gasteiger partial charge in [0.05, 0.1) is 0 Å². The molecule has 2 aromatic heterocycles. The predicted octanol–water partition coefficient (Wildman–Crippen LogP) is 0.267. The van der Waals surface area contributed by atoms with Crippen LogP contribution in [0, 0.1) is 11.6 Å². The van der Waals surface area contributed by atoms with E-state index in [1.165, 1.54) is 6.33 Å². The lowest BCUT2D eigenvalue weighted by atomic mass is 10.1. The van der Waals surface area contributed by atoms with E-state index < -0.39 is 26.6 Å². The number of benzene rings is 1. The maximum Gasteiger partial charge on any atom is 0.247 e. The quantitative estimate of drug-likeness (QED) is 0.624. The van der Waals surface area contributed by atoms with Gasteiger partial charge in [-0.1, -0.05) is 5.21 Å². The number of hydrogen-bond donors (Lipinski definition) is 2. The number of sulfonamides is 1. The lowest BCUT2D eigenvalue weighted by Gasteiger charge is -2.22. The molecule has 0 amide bonds. The van der Waals surface area contributed by atoms with E-state index in [0.717, 1.165) is 30.6 Å². The van der Waals surface area contributed by atoms with Gasteiger partial charge in [0.25, 0.3) is 0 Å². The molecule has 1 aliphatic heterocycles. The van der Waals surface area contributed by atoms with E-state index in [4.69, 9.17) is 9.88 Å². The molecule has 0 radical (unpaired) electrons. The van der Waals surface area contributed by atoms with Crippen LogP contribution in [-0.2, 0) is 10.0 Å². The second-order valence-corrected chi connectivity index (χ2v) is 7.73. The van der Waals surface area contributed by atoms with Gasteiger partial charge in [0.1, 0.15) is 28.8 Å². The fourth-order valence-corrected chi connectivity index (χ4v) is 3.54. The second kappa shape index (κ2) is 7.00. The van der Waals surface area contributed by atoms with Gasteiger partial charge in [-0.25, -0.2) is 27.3 Å². The van der Waals surface area contributed by atoms with E-state index in [1.807, 2.05) is 0 Å². The molecule has 0 aliphatic carbocycles. The lowest BCUT2D eigenvalue weighted by Crippen LogP contribution is -2.34. The van der Waals surface area contributed by atoms with E-state index in [2.05, 4.69) is 25.6 Å². The summed E-state index contributed by atoms with van der Waals surface area (Å²) in [5.74, 6) is -2.09. The van der Waals surface area contributed by atoms with Crippen molar-refractivity contribution in [3.8, 4) is 11.6 Å². The van der Waals surface area contributed by atoms with Crippen molar-refractivity contribution in [2.45, 2.75) is 23.8 Å². The molecule has 28 heavy (non-hydrogen) atoms. The summed E-state index contributed by atoms with van der Waals surface area (Å²) in [5, 5.41) is 15.8. The fourth-order valence-electron chi connectivity index (χ4n) is 2.95. The first-order chi connectivity index (χ1) is 13.3. The van der Waals surface area contributed by atoms with Crippen molar-refractivity contribution in [1.82, 2.24) is 30.3 Å². The Hall–Kier alpha value is -2.77. The average Bonchev–Trinajstić information content (AvgIpc) is 3.08. The lowest BCUT2D eigenvalue weighted by molar-refractivity contribution is 0.158. The molecule has 0 atom stereocenters. The smallest absolute Gasteiger partial charge is 0.247 e. The summed E-state index contributed by atoms with van der Waals surface area (Å²) >= 11 is 0. The van der Waals surface area contributed by atoms with E-state index >= 15 is 0 Å². The first kappa shape index (κ1) is 18.6.